The van der Waals surface area contributed by atoms with E-state index < -0.39 is 6.10 Å². The minimum Gasteiger partial charge on any atom is -0.391 e. The summed E-state index contributed by atoms with van der Waals surface area (Å²) in [4.78, 5) is 30.6. The van der Waals surface area contributed by atoms with Crippen molar-refractivity contribution in [2.75, 3.05) is 26.3 Å². The van der Waals surface area contributed by atoms with Gasteiger partial charge in [0.15, 0.2) is 0 Å². The first-order chi connectivity index (χ1) is 17.5. The molecule has 3 N–H and O–H groups in total. The van der Waals surface area contributed by atoms with Gasteiger partial charge >= 0.3 is 0 Å². The Kier molecular flexibility index (Phi) is 7.42. The van der Waals surface area contributed by atoms with Crippen LogP contribution in [0.4, 0.5) is 0 Å². The second-order valence-electron chi connectivity index (χ2n) is 10.4. The third-order valence-corrected chi connectivity index (χ3v) is 8.18. The van der Waals surface area contributed by atoms with E-state index in [1.807, 2.05) is 41.3 Å². The maximum absolute atomic E-state index is 13.4. The number of rotatable bonds is 8. The summed E-state index contributed by atoms with van der Waals surface area (Å²) in [6.45, 7) is 4.66. The lowest BCUT2D eigenvalue weighted by molar-refractivity contribution is -0.00717. The molecule has 192 valence electrons. The lowest BCUT2D eigenvalue weighted by Gasteiger charge is -2.37. The molecule has 0 spiro atoms. The van der Waals surface area contributed by atoms with Crippen LogP contribution in [0.1, 0.15) is 75.9 Å². The Hall–Kier alpha value is -2.74. The minimum atomic E-state index is -0.614. The number of aryl methyl sites for hydroxylation is 1. The van der Waals surface area contributed by atoms with Crippen molar-refractivity contribution in [3.05, 3.63) is 70.3 Å². The van der Waals surface area contributed by atoms with E-state index in [0.717, 1.165) is 42.4 Å². The van der Waals surface area contributed by atoms with E-state index in [2.05, 4.69) is 6.92 Å². The summed E-state index contributed by atoms with van der Waals surface area (Å²) >= 11 is 0. The average molecular weight is 492 g/mol. The molecule has 0 aromatic heterocycles. The van der Waals surface area contributed by atoms with Gasteiger partial charge in [-0.3, -0.25) is 9.59 Å². The number of hydrogen-bond acceptors (Lipinski definition) is 5. The molecule has 2 aromatic rings. The Morgan fingerprint density at radius 2 is 1.86 bits per heavy atom. The van der Waals surface area contributed by atoms with Gasteiger partial charge < -0.3 is 25.4 Å². The molecular weight excluding hydrogens is 454 g/mol. The summed E-state index contributed by atoms with van der Waals surface area (Å²) in [5, 5.41) is 10.8. The van der Waals surface area contributed by atoms with Gasteiger partial charge in [0.2, 0.25) is 0 Å². The summed E-state index contributed by atoms with van der Waals surface area (Å²) in [6, 6.07) is 13.9. The van der Waals surface area contributed by atoms with Crippen LogP contribution in [0.25, 0.3) is 0 Å². The van der Waals surface area contributed by atoms with Crippen LogP contribution in [-0.2, 0) is 17.7 Å². The number of carbonyl (C=O) groups is 2. The van der Waals surface area contributed by atoms with E-state index in [4.69, 9.17) is 10.5 Å². The molecule has 5 rings (SSSR count). The SMILES string of the molecule is CCC1CN(CC(O)CCc2ccccc2CN)C(=O)c2ccc(C(=O)N3C4CCC3COC4)cc21. The zero-order valence-electron chi connectivity index (χ0n) is 21.1. The Balaban J connectivity index is 1.28. The largest absolute Gasteiger partial charge is 0.391 e. The van der Waals surface area contributed by atoms with Gasteiger partial charge in [0, 0.05) is 36.7 Å². The quantitative estimate of drug-likeness (QED) is 0.592. The normalized spacial score (nSPS) is 24.1. The minimum absolute atomic E-state index is 0.0477. The van der Waals surface area contributed by atoms with E-state index in [1.54, 1.807) is 11.0 Å². The number of hydrogen-bond donors (Lipinski definition) is 2. The molecule has 3 heterocycles. The second kappa shape index (κ2) is 10.7. The van der Waals surface area contributed by atoms with Gasteiger partial charge in [-0.15, -0.1) is 0 Å². The second-order valence-corrected chi connectivity index (χ2v) is 10.4. The standard InChI is InChI=1S/C29H37N3O4/c1-2-19-15-31(16-25(33)11-7-20-5-3-4-6-22(20)14-30)29(35)26-12-8-21(13-27(19)26)28(34)32-23-9-10-24(32)18-36-17-23/h3-6,8,12-13,19,23-25,33H,2,7,9-11,14-18,30H2,1H3. The number of aliphatic hydroxyl groups excluding tert-OH is 1. The topological polar surface area (TPSA) is 96.1 Å². The van der Waals surface area contributed by atoms with Crippen molar-refractivity contribution in [2.24, 2.45) is 5.73 Å². The number of benzene rings is 2. The first-order valence-corrected chi connectivity index (χ1v) is 13.3. The van der Waals surface area contributed by atoms with Gasteiger partial charge in [0.25, 0.3) is 11.8 Å². The molecule has 7 nitrogen and oxygen atoms in total. The molecular formula is C29H37N3O4. The number of nitrogens with two attached hydrogens (primary N) is 1. The molecule has 7 heteroatoms. The molecule has 36 heavy (non-hydrogen) atoms. The van der Waals surface area contributed by atoms with Crippen molar-refractivity contribution in [3.8, 4) is 0 Å². The van der Waals surface area contributed by atoms with Crippen molar-refractivity contribution in [3.63, 3.8) is 0 Å². The average Bonchev–Trinajstić information content (AvgIpc) is 3.16. The summed E-state index contributed by atoms with van der Waals surface area (Å²) < 4.78 is 5.64. The first-order valence-electron chi connectivity index (χ1n) is 13.3. The van der Waals surface area contributed by atoms with Crippen molar-refractivity contribution < 1.29 is 19.4 Å². The predicted molar refractivity (Wildman–Crippen MR) is 138 cm³/mol. The Bertz CT molecular complexity index is 1100. The molecule has 3 aliphatic heterocycles. The molecule has 0 radical (unpaired) electrons. The number of β-amino-alcohol motifs (C(OH)–C–C–N with tert-alkyl or cyclic N) is 1. The number of aliphatic hydroxyl groups is 1. The number of nitrogens with zero attached hydrogens (tertiary/aromatic N) is 2. The monoisotopic (exact) mass is 491 g/mol. The number of ether oxygens (including phenoxy) is 1. The molecule has 4 unspecified atom stereocenters. The molecule has 0 aliphatic carbocycles. The zero-order valence-corrected chi connectivity index (χ0v) is 21.1. The molecule has 2 amide bonds. The number of amides is 2. The van der Waals surface area contributed by atoms with E-state index in [1.165, 1.54) is 0 Å². The van der Waals surface area contributed by atoms with Crippen molar-refractivity contribution in [1.29, 1.82) is 0 Å². The fourth-order valence-corrected chi connectivity index (χ4v) is 6.13. The zero-order chi connectivity index (χ0) is 25.2. The van der Waals surface area contributed by atoms with Gasteiger partial charge in [-0.25, -0.2) is 0 Å². The van der Waals surface area contributed by atoms with Crippen LogP contribution < -0.4 is 5.73 Å². The third-order valence-electron chi connectivity index (χ3n) is 8.18. The van der Waals surface area contributed by atoms with Gasteiger partial charge in [0.05, 0.1) is 31.4 Å². The van der Waals surface area contributed by atoms with Crippen molar-refractivity contribution >= 4 is 11.8 Å². The number of morpholine rings is 1. The van der Waals surface area contributed by atoms with Crippen LogP contribution in [-0.4, -0.2) is 71.2 Å². The molecule has 4 atom stereocenters. The van der Waals surface area contributed by atoms with Crippen LogP contribution in [0.5, 0.6) is 0 Å². The molecule has 2 saturated heterocycles. The molecule has 3 aliphatic rings. The highest BCUT2D eigenvalue weighted by Crippen LogP contribution is 2.34. The number of fused-ring (bicyclic) bond motifs is 3. The molecule has 0 saturated carbocycles. The van der Waals surface area contributed by atoms with Gasteiger partial charge in [0.1, 0.15) is 0 Å². The molecule has 2 aromatic carbocycles. The van der Waals surface area contributed by atoms with Crippen LogP contribution >= 0.6 is 0 Å². The predicted octanol–water partition coefficient (Wildman–Crippen LogP) is 3.09. The van der Waals surface area contributed by atoms with E-state index in [9.17, 15) is 14.7 Å². The Labute approximate surface area is 213 Å². The smallest absolute Gasteiger partial charge is 0.254 e. The highest BCUT2D eigenvalue weighted by molar-refractivity contribution is 6.00. The Morgan fingerprint density at radius 1 is 1.14 bits per heavy atom. The van der Waals surface area contributed by atoms with Gasteiger partial charge in [-0.2, -0.15) is 0 Å². The van der Waals surface area contributed by atoms with Crippen molar-refractivity contribution in [2.45, 2.75) is 69.7 Å². The highest BCUT2D eigenvalue weighted by Gasteiger charge is 2.41. The van der Waals surface area contributed by atoms with Crippen LogP contribution in [0.15, 0.2) is 42.5 Å². The lowest BCUT2D eigenvalue weighted by Crippen LogP contribution is -2.49. The third kappa shape index (κ3) is 4.80. The maximum atomic E-state index is 13.4. The maximum Gasteiger partial charge on any atom is 0.254 e. The van der Waals surface area contributed by atoms with Crippen LogP contribution in [0.2, 0.25) is 0 Å². The van der Waals surface area contributed by atoms with Crippen molar-refractivity contribution in [1.82, 2.24) is 9.80 Å². The summed E-state index contributed by atoms with van der Waals surface area (Å²) in [6.07, 6.45) is 3.52. The van der Waals surface area contributed by atoms with Crippen LogP contribution in [0, 0.1) is 0 Å². The summed E-state index contributed by atoms with van der Waals surface area (Å²) in [5.74, 6) is 0.116. The van der Waals surface area contributed by atoms with E-state index >= 15 is 0 Å². The number of carbonyl (C=O) groups excluding carboxylic acids is 2. The summed E-state index contributed by atoms with van der Waals surface area (Å²) in [7, 11) is 0. The lowest BCUT2D eigenvalue weighted by atomic mass is 9.85. The molecule has 2 fully saturated rings. The van der Waals surface area contributed by atoms with E-state index in [0.29, 0.717) is 50.4 Å². The van der Waals surface area contributed by atoms with Crippen LogP contribution in [0.3, 0.4) is 0 Å². The summed E-state index contributed by atoms with van der Waals surface area (Å²) in [5.41, 5.74) is 10.3. The van der Waals surface area contributed by atoms with E-state index in [-0.39, 0.29) is 29.8 Å². The fraction of sp³-hybridized carbons (Fsp3) is 0.517. The Morgan fingerprint density at radius 3 is 2.56 bits per heavy atom. The van der Waals surface area contributed by atoms with Gasteiger partial charge in [-0.1, -0.05) is 31.2 Å². The molecule has 2 bridgehead atoms. The fourth-order valence-electron chi connectivity index (χ4n) is 6.13. The first kappa shape index (κ1) is 24.9. The highest BCUT2D eigenvalue weighted by atomic mass is 16.5. The van der Waals surface area contributed by atoms with Gasteiger partial charge in [-0.05, 0) is 67.0 Å².